The highest BCUT2D eigenvalue weighted by atomic mass is 35.5. The Labute approximate surface area is 147 Å². The van der Waals surface area contributed by atoms with E-state index in [0.717, 1.165) is 41.8 Å². The summed E-state index contributed by atoms with van der Waals surface area (Å²) in [6.07, 6.45) is 4.09. The predicted octanol–water partition coefficient (Wildman–Crippen LogP) is 0.239. The molecule has 1 aromatic heterocycles. The normalized spacial score (nSPS) is 19.2. The van der Waals surface area contributed by atoms with E-state index in [1.807, 2.05) is 11.9 Å². The first kappa shape index (κ1) is 18.4. The van der Waals surface area contributed by atoms with Crippen molar-refractivity contribution in [3.05, 3.63) is 23.0 Å². The number of fused-ring (bicyclic) bond motifs is 2. The molecule has 9 heteroatoms. The molecule has 8 nitrogen and oxygen atoms in total. The molecule has 1 aliphatic carbocycles. The van der Waals surface area contributed by atoms with E-state index >= 15 is 0 Å². The lowest BCUT2D eigenvalue weighted by Gasteiger charge is -2.24. The van der Waals surface area contributed by atoms with Crippen LogP contribution >= 0.6 is 12.4 Å². The van der Waals surface area contributed by atoms with Gasteiger partial charge in [0, 0.05) is 12.7 Å². The van der Waals surface area contributed by atoms with Crippen molar-refractivity contribution in [3.8, 4) is 0 Å². The van der Waals surface area contributed by atoms with Crippen molar-refractivity contribution in [1.29, 1.82) is 0 Å². The average molecular weight is 355 g/mol. The maximum atomic E-state index is 12.4. The fraction of sp³-hybridized carbons (Fsp3) is 0.533. The van der Waals surface area contributed by atoms with Crippen LogP contribution in [0.1, 0.15) is 31.0 Å². The number of esters is 1. The van der Waals surface area contributed by atoms with Crippen LogP contribution in [-0.4, -0.2) is 46.7 Å². The van der Waals surface area contributed by atoms with Crippen molar-refractivity contribution < 1.29 is 9.53 Å². The third-order valence-electron chi connectivity index (χ3n) is 4.11. The highest BCUT2D eigenvalue weighted by Gasteiger charge is 2.41. The Morgan fingerprint density at radius 2 is 2.29 bits per heavy atom. The summed E-state index contributed by atoms with van der Waals surface area (Å²) in [5.74, 6) is -0.0140. The van der Waals surface area contributed by atoms with Gasteiger partial charge in [-0.05, 0) is 43.9 Å². The first-order valence-corrected chi connectivity index (χ1v) is 7.90. The number of hydrazine groups is 1. The second kappa shape index (κ2) is 7.78. The molecular weight excluding hydrogens is 332 g/mol. The number of carbonyl (C=O) groups excluding carboxylic acids is 1. The molecule has 0 amide bonds. The number of halogens is 1. The number of nitrogens with zero attached hydrogens (tertiary/aromatic N) is 3. The van der Waals surface area contributed by atoms with Crippen LogP contribution in [0.25, 0.3) is 5.70 Å². The molecule has 1 aromatic rings. The lowest BCUT2D eigenvalue weighted by molar-refractivity contribution is -0.148. The van der Waals surface area contributed by atoms with Gasteiger partial charge in [-0.25, -0.2) is 19.8 Å². The molecule has 1 aliphatic heterocycles. The van der Waals surface area contributed by atoms with Gasteiger partial charge in [0.2, 0.25) is 5.95 Å². The first-order valence-electron chi connectivity index (χ1n) is 7.90. The minimum atomic E-state index is -0.430. The summed E-state index contributed by atoms with van der Waals surface area (Å²) in [4.78, 5) is 20.8. The summed E-state index contributed by atoms with van der Waals surface area (Å²) in [7, 11) is 0. The Hall–Kier alpha value is -1.90. The van der Waals surface area contributed by atoms with E-state index < -0.39 is 6.04 Å². The van der Waals surface area contributed by atoms with E-state index in [9.17, 15) is 4.79 Å². The van der Waals surface area contributed by atoms with Crippen LogP contribution in [0, 0.1) is 0 Å². The minimum absolute atomic E-state index is 0. The number of aryl methyl sites for hydroxylation is 1. The highest BCUT2D eigenvalue weighted by molar-refractivity contribution is 5.86. The summed E-state index contributed by atoms with van der Waals surface area (Å²) >= 11 is 0. The summed E-state index contributed by atoms with van der Waals surface area (Å²) in [6, 6.07) is -0.430. The first-order chi connectivity index (χ1) is 11.2. The maximum absolute atomic E-state index is 12.4. The van der Waals surface area contributed by atoms with Crippen LogP contribution in [0.4, 0.5) is 5.95 Å². The van der Waals surface area contributed by atoms with E-state index in [1.165, 1.54) is 0 Å². The van der Waals surface area contributed by atoms with Crippen LogP contribution < -0.4 is 16.9 Å². The average Bonchev–Trinajstić information content (AvgIpc) is 2.92. The molecule has 0 bridgehead atoms. The van der Waals surface area contributed by atoms with E-state index in [4.69, 9.17) is 16.2 Å². The van der Waals surface area contributed by atoms with Gasteiger partial charge in [0.15, 0.2) is 0 Å². The second-order valence-corrected chi connectivity index (χ2v) is 5.60. The Morgan fingerprint density at radius 1 is 1.50 bits per heavy atom. The fourth-order valence-electron chi connectivity index (χ4n) is 3.10. The van der Waals surface area contributed by atoms with Crippen molar-refractivity contribution in [1.82, 2.24) is 20.4 Å². The molecule has 0 spiro atoms. The quantitative estimate of drug-likeness (QED) is 0.643. The lowest BCUT2D eigenvalue weighted by atomic mass is 9.91. The van der Waals surface area contributed by atoms with Crippen molar-refractivity contribution >= 4 is 30.0 Å². The van der Waals surface area contributed by atoms with Gasteiger partial charge in [-0.2, -0.15) is 0 Å². The minimum Gasteiger partial charge on any atom is -0.465 e. The zero-order valence-corrected chi connectivity index (χ0v) is 14.4. The van der Waals surface area contributed by atoms with E-state index in [1.54, 1.807) is 6.20 Å². The SMILES string of the molecule is CCOC(=O)C1C2=C(NN1CCCN)c1nc(N)ncc1CC2.Cl. The molecule has 5 N–H and O–H groups in total. The summed E-state index contributed by atoms with van der Waals surface area (Å²) in [5, 5.41) is 1.89. The smallest absolute Gasteiger partial charge is 0.329 e. The van der Waals surface area contributed by atoms with Crippen molar-refractivity contribution in [2.75, 3.05) is 25.4 Å². The third kappa shape index (κ3) is 3.31. The van der Waals surface area contributed by atoms with Gasteiger partial charge in [0.1, 0.15) is 6.04 Å². The summed E-state index contributed by atoms with van der Waals surface area (Å²) in [6.45, 7) is 3.38. The number of hydrogen-bond acceptors (Lipinski definition) is 8. The molecule has 132 valence electrons. The van der Waals surface area contributed by atoms with Gasteiger partial charge in [0.25, 0.3) is 0 Å². The number of rotatable bonds is 5. The van der Waals surface area contributed by atoms with Gasteiger partial charge in [-0.1, -0.05) is 0 Å². The number of nitrogens with two attached hydrogens (primary N) is 2. The highest BCUT2D eigenvalue weighted by Crippen LogP contribution is 2.36. The summed E-state index contributed by atoms with van der Waals surface area (Å²) in [5.41, 5.74) is 18.3. The number of hydrogen-bond donors (Lipinski definition) is 3. The standard InChI is InChI=1S/C15H22N6O2.ClH/c1-2-23-14(22)13-10-5-4-9-8-18-15(17)19-11(9)12(10)20-21(13)7-3-6-16;/h8,13,20H,2-7,16H2,1H3,(H2,17,18,19);1H. The second-order valence-electron chi connectivity index (χ2n) is 5.60. The van der Waals surface area contributed by atoms with Gasteiger partial charge in [-0.15, -0.1) is 12.4 Å². The van der Waals surface area contributed by atoms with Gasteiger partial charge < -0.3 is 21.6 Å². The van der Waals surface area contributed by atoms with Crippen LogP contribution in [0.15, 0.2) is 11.8 Å². The van der Waals surface area contributed by atoms with Crippen molar-refractivity contribution in [2.45, 2.75) is 32.2 Å². The molecule has 1 atom stereocenters. The lowest BCUT2D eigenvalue weighted by Crippen LogP contribution is -2.45. The number of aromatic nitrogens is 2. The molecule has 0 aromatic carbocycles. The Balaban J connectivity index is 0.00000208. The van der Waals surface area contributed by atoms with Crippen LogP contribution in [0.5, 0.6) is 0 Å². The van der Waals surface area contributed by atoms with Crippen LogP contribution in [0.3, 0.4) is 0 Å². The largest absolute Gasteiger partial charge is 0.465 e. The monoisotopic (exact) mass is 354 g/mol. The van der Waals surface area contributed by atoms with Crippen molar-refractivity contribution in [2.24, 2.45) is 5.73 Å². The maximum Gasteiger partial charge on any atom is 0.329 e. The summed E-state index contributed by atoms with van der Waals surface area (Å²) < 4.78 is 5.25. The van der Waals surface area contributed by atoms with E-state index in [0.29, 0.717) is 19.7 Å². The molecule has 2 heterocycles. The van der Waals surface area contributed by atoms with E-state index in [2.05, 4.69) is 15.4 Å². The number of nitrogens with one attached hydrogen (secondary N) is 1. The van der Waals surface area contributed by atoms with Gasteiger partial charge >= 0.3 is 5.97 Å². The molecule has 2 aliphatic rings. The Bertz CT molecular complexity index is 651. The molecule has 3 rings (SSSR count). The molecule has 0 saturated heterocycles. The number of carbonyl (C=O) groups is 1. The molecule has 1 unspecified atom stereocenters. The molecule has 24 heavy (non-hydrogen) atoms. The molecule has 0 saturated carbocycles. The van der Waals surface area contributed by atoms with Crippen LogP contribution in [0.2, 0.25) is 0 Å². The Morgan fingerprint density at radius 3 is 3.00 bits per heavy atom. The fourth-order valence-corrected chi connectivity index (χ4v) is 3.10. The zero-order chi connectivity index (χ0) is 16.4. The predicted molar refractivity (Wildman–Crippen MR) is 92.9 cm³/mol. The topological polar surface area (TPSA) is 119 Å². The third-order valence-corrected chi connectivity index (χ3v) is 4.11. The van der Waals surface area contributed by atoms with Crippen molar-refractivity contribution in [3.63, 3.8) is 0 Å². The van der Waals surface area contributed by atoms with Gasteiger partial charge in [0.05, 0.1) is 18.0 Å². The molecule has 0 fully saturated rings. The van der Waals surface area contributed by atoms with Crippen LogP contribution in [-0.2, 0) is 16.0 Å². The Kier molecular flexibility index (Phi) is 5.98. The number of ether oxygens (including phenoxy) is 1. The van der Waals surface area contributed by atoms with E-state index in [-0.39, 0.29) is 24.3 Å². The number of anilines is 1. The molecular formula is C15H23ClN6O2. The number of nitrogen functional groups attached to an aromatic ring is 1. The molecule has 0 radical (unpaired) electrons. The van der Waals surface area contributed by atoms with Gasteiger partial charge in [-0.3, -0.25) is 0 Å². The zero-order valence-electron chi connectivity index (χ0n) is 13.6.